The number of oxime groups is 1. The summed E-state index contributed by atoms with van der Waals surface area (Å²) in [5, 5.41) is 8.08. The lowest BCUT2D eigenvalue weighted by molar-refractivity contribution is -0.274. The molecule has 0 fully saturated rings. The van der Waals surface area contributed by atoms with E-state index in [0.29, 0.717) is 23.6 Å². The molecule has 0 saturated heterocycles. The molecule has 0 amide bonds. The standard InChI is InChI=1S/C20H17F3N4O3/c1-19(13-3-5-14(6-4-13)29-20(21,22)23)11-18(26-30-19)28-15-7-8-16(24-12-15)17-9-10-25-27(17)2/h3-10,12H,11H2,1-2H3/t19-/m0/s1. The van der Waals surface area contributed by atoms with Gasteiger partial charge in [0.15, 0.2) is 5.60 Å². The van der Waals surface area contributed by atoms with Crippen LogP contribution in [0.2, 0.25) is 0 Å². The largest absolute Gasteiger partial charge is 0.573 e. The number of hydrogen-bond donors (Lipinski definition) is 0. The van der Waals surface area contributed by atoms with E-state index in [1.165, 1.54) is 24.3 Å². The molecule has 0 saturated carbocycles. The molecule has 7 nitrogen and oxygen atoms in total. The van der Waals surface area contributed by atoms with Crippen molar-refractivity contribution in [1.29, 1.82) is 0 Å². The number of halogens is 3. The molecular weight excluding hydrogens is 401 g/mol. The van der Waals surface area contributed by atoms with E-state index in [2.05, 4.69) is 20.0 Å². The number of pyridine rings is 1. The van der Waals surface area contributed by atoms with E-state index in [-0.39, 0.29) is 5.75 Å². The highest BCUT2D eigenvalue weighted by atomic mass is 19.4. The molecule has 0 bridgehead atoms. The van der Waals surface area contributed by atoms with Crippen LogP contribution in [0.5, 0.6) is 11.5 Å². The number of ether oxygens (including phenoxy) is 2. The monoisotopic (exact) mass is 418 g/mol. The molecule has 0 unspecified atom stereocenters. The quantitative estimate of drug-likeness (QED) is 0.628. The van der Waals surface area contributed by atoms with Crippen molar-refractivity contribution in [2.75, 3.05) is 0 Å². The highest BCUT2D eigenvalue weighted by molar-refractivity contribution is 5.80. The number of rotatable bonds is 4. The van der Waals surface area contributed by atoms with Crippen LogP contribution in [0.1, 0.15) is 18.9 Å². The smallest absolute Gasteiger partial charge is 0.438 e. The lowest BCUT2D eigenvalue weighted by Gasteiger charge is -2.21. The van der Waals surface area contributed by atoms with E-state index in [4.69, 9.17) is 9.57 Å². The molecule has 156 valence electrons. The summed E-state index contributed by atoms with van der Waals surface area (Å²) in [6.45, 7) is 1.77. The summed E-state index contributed by atoms with van der Waals surface area (Å²) in [6, 6.07) is 10.9. The van der Waals surface area contributed by atoms with Gasteiger partial charge in [0, 0.05) is 13.2 Å². The first kappa shape index (κ1) is 19.7. The Balaban J connectivity index is 1.40. The van der Waals surface area contributed by atoms with Crippen molar-refractivity contribution in [3.63, 3.8) is 0 Å². The summed E-state index contributed by atoms with van der Waals surface area (Å²) < 4.78 is 48.3. The van der Waals surface area contributed by atoms with Crippen LogP contribution in [0.4, 0.5) is 13.2 Å². The van der Waals surface area contributed by atoms with E-state index in [1.807, 2.05) is 13.1 Å². The average molecular weight is 418 g/mol. The zero-order chi connectivity index (χ0) is 21.4. The second-order valence-electron chi connectivity index (χ2n) is 6.88. The lowest BCUT2D eigenvalue weighted by Crippen LogP contribution is -2.23. The lowest BCUT2D eigenvalue weighted by atomic mass is 9.93. The third-order valence-electron chi connectivity index (χ3n) is 4.59. The van der Waals surface area contributed by atoms with Crippen molar-refractivity contribution >= 4 is 5.90 Å². The predicted molar refractivity (Wildman–Crippen MR) is 101 cm³/mol. The minimum absolute atomic E-state index is 0.301. The maximum absolute atomic E-state index is 12.3. The van der Waals surface area contributed by atoms with Gasteiger partial charge in [-0.15, -0.1) is 13.2 Å². The fourth-order valence-corrected chi connectivity index (χ4v) is 3.08. The molecule has 1 aliphatic rings. The van der Waals surface area contributed by atoms with Gasteiger partial charge in [0.1, 0.15) is 11.5 Å². The third-order valence-corrected chi connectivity index (χ3v) is 4.59. The Bertz CT molecular complexity index is 1060. The number of aromatic nitrogens is 3. The number of alkyl halides is 3. The zero-order valence-corrected chi connectivity index (χ0v) is 16.1. The molecule has 3 heterocycles. The molecule has 0 spiro atoms. The SMILES string of the molecule is Cn1nccc1-c1ccc(OC2=NO[C@](C)(c3ccc(OC(F)(F)F)cc3)C2)cn1. The van der Waals surface area contributed by atoms with Crippen LogP contribution in [-0.2, 0) is 17.5 Å². The molecule has 2 aromatic heterocycles. The third kappa shape index (κ3) is 4.22. The number of aryl methyl sites for hydroxylation is 1. The molecule has 1 atom stereocenters. The Kier molecular flexibility index (Phi) is 4.84. The summed E-state index contributed by atoms with van der Waals surface area (Å²) >= 11 is 0. The summed E-state index contributed by atoms with van der Waals surface area (Å²) in [7, 11) is 1.83. The fraction of sp³-hybridized carbons (Fsp3) is 0.250. The molecule has 0 N–H and O–H groups in total. The molecule has 1 aliphatic heterocycles. The van der Waals surface area contributed by atoms with Gasteiger partial charge in [-0.05, 0) is 42.8 Å². The Hall–Kier alpha value is -3.56. The van der Waals surface area contributed by atoms with E-state index in [9.17, 15) is 13.2 Å². The van der Waals surface area contributed by atoms with Crippen molar-refractivity contribution in [2.45, 2.75) is 25.3 Å². The number of benzene rings is 1. The predicted octanol–water partition coefficient (Wildman–Crippen LogP) is 4.41. The van der Waals surface area contributed by atoms with Gasteiger partial charge in [0.05, 0.1) is 24.0 Å². The Morgan fingerprint density at radius 3 is 2.40 bits per heavy atom. The van der Waals surface area contributed by atoms with Gasteiger partial charge in [-0.2, -0.15) is 5.10 Å². The van der Waals surface area contributed by atoms with Crippen molar-refractivity contribution in [1.82, 2.24) is 14.8 Å². The van der Waals surface area contributed by atoms with Crippen molar-refractivity contribution in [3.8, 4) is 22.9 Å². The van der Waals surface area contributed by atoms with Gasteiger partial charge >= 0.3 is 6.36 Å². The van der Waals surface area contributed by atoms with Gasteiger partial charge in [-0.1, -0.05) is 17.3 Å². The normalized spacial score (nSPS) is 18.6. The molecule has 1 aromatic carbocycles. The van der Waals surface area contributed by atoms with Crippen LogP contribution in [0.15, 0.2) is 60.0 Å². The summed E-state index contributed by atoms with van der Waals surface area (Å²) in [5.41, 5.74) is 1.39. The van der Waals surface area contributed by atoms with Gasteiger partial charge in [-0.25, -0.2) is 0 Å². The van der Waals surface area contributed by atoms with E-state index in [0.717, 1.165) is 11.4 Å². The molecule has 30 heavy (non-hydrogen) atoms. The molecule has 0 radical (unpaired) electrons. The second kappa shape index (κ2) is 7.36. The first-order chi connectivity index (χ1) is 14.2. The van der Waals surface area contributed by atoms with E-state index < -0.39 is 12.0 Å². The van der Waals surface area contributed by atoms with Crippen LogP contribution in [0.3, 0.4) is 0 Å². The highest BCUT2D eigenvalue weighted by Gasteiger charge is 2.38. The van der Waals surface area contributed by atoms with Crippen LogP contribution in [0, 0.1) is 0 Å². The Morgan fingerprint density at radius 1 is 1.07 bits per heavy atom. The van der Waals surface area contributed by atoms with Gasteiger partial charge in [0.25, 0.3) is 0 Å². The van der Waals surface area contributed by atoms with Crippen molar-refractivity contribution < 1.29 is 27.5 Å². The first-order valence-corrected chi connectivity index (χ1v) is 8.95. The van der Waals surface area contributed by atoms with Gasteiger partial charge in [-0.3, -0.25) is 9.67 Å². The van der Waals surface area contributed by atoms with Crippen LogP contribution < -0.4 is 9.47 Å². The van der Waals surface area contributed by atoms with Crippen LogP contribution in [-0.4, -0.2) is 27.0 Å². The molecule has 3 aromatic rings. The average Bonchev–Trinajstić information content (AvgIpc) is 3.28. The van der Waals surface area contributed by atoms with Gasteiger partial charge in [0.2, 0.25) is 5.90 Å². The maximum atomic E-state index is 12.3. The minimum Gasteiger partial charge on any atom is -0.438 e. The first-order valence-electron chi connectivity index (χ1n) is 8.95. The second-order valence-corrected chi connectivity index (χ2v) is 6.88. The van der Waals surface area contributed by atoms with Crippen LogP contribution >= 0.6 is 0 Å². The van der Waals surface area contributed by atoms with Crippen LogP contribution in [0.25, 0.3) is 11.4 Å². The van der Waals surface area contributed by atoms with E-state index in [1.54, 1.807) is 36.1 Å². The minimum atomic E-state index is -4.74. The number of hydrogen-bond acceptors (Lipinski definition) is 6. The van der Waals surface area contributed by atoms with Crippen molar-refractivity contribution in [3.05, 3.63) is 60.4 Å². The topological polar surface area (TPSA) is 70.8 Å². The summed E-state index contributed by atoms with van der Waals surface area (Å²) in [5.74, 6) is 0.523. The summed E-state index contributed by atoms with van der Waals surface area (Å²) in [4.78, 5) is 9.89. The Labute approximate surface area is 169 Å². The Morgan fingerprint density at radius 2 is 1.80 bits per heavy atom. The molecular formula is C20H17F3N4O3. The molecule has 10 heteroatoms. The fourth-order valence-electron chi connectivity index (χ4n) is 3.08. The zero-order valence-electron chi connectivity index (χ0n) is 16.1. The van der Waals surface area contributed by atoms with E-state index >= 15 is 0 Å². The number of nitrogens with zero attached hydrogens (tertiary/aromatic N) is 4. The highest BCUT2D eigenvalue weighted by Crippen LogP contribution is 2.36. The molecule has 0 aliphatic carbocycles. The molecule has 4 rings (SSSR count). The summed E-state index contributed by atoms with van der Waals surface area (Å²) in [6.07, 6.45) is -1.17. The maximum Gasteiger partial charge on any atom is 0.573 e. The van der Waals surface area contributed by atoms with Crippen molar-refractivity contribution in [2.24, 2.45) is 12.2 Å². The van der Waals surface area contributed by atoms with Gasteiger partial charge < -0.3 is 14.3 Å².